The number of fused-ring (bicyclic) bond motifs is 10. The van der Waals surface area contributed by atoms with E-state index in [0.29, 0.717) is 0 Å². The fraction of sp³-hybridized carbons (Fsp3) is 0.486. The Morgan fingerprint density at radius 2 is 0.833 bits per heavy atom. The second-order valence-electron chi connectivity index (χ2n) is 32.0. The summed E-state index contributed by atoms with van der Waals surface area (Å²) in [7, 11) is 0. The van der Waals surface area contributed by atoms with Gasteiger partial charge in [0.05, 0.1) is 5.69 Å². The second-order valence-corrected chi connectivity index (χ2v) is 32.0. The summed E-state index contributed by atoms with van der Waals surface area (Å²) in [5.41, 5.74) is 27.1. The zero-order chi connectivity index (χ0) is 55.6. The molecule has 4 heteroatoms. The predicted molar refractivity (Wildman–Crippen MR) is 336 cm³/mol. The maximum Gasteiger partial charge on any atom is 0.257 e. The Bertz CT molecular complexity index is 3690. The molecule has 0 radical (unpaired) electrons. The smallest absolute Gasteiger partial charge is 0.257 e. The molecule has 6 aromatic carbocycles. The molecule has 0 saturated heterocycles. The molecule has 0 bridgehead atoms. The van der Waals surface area contributed by atoms with Gasteiger partial charge in [-0.15, -0.1) is 0 Å². The molecule has 0 fully saturated rings. The molecule has 2 aliphatic heterocycles. The van der Waals surface area contributed by atoms with E-state index in [2.05, 4.69) is 238 Å². The summed E-state index contributed by atoms with van der Waals surface area (Å²) in [6.45, 7) is 46.9. The number of benzene rings is 6. The zero-order valence-corrected chi connectivity index (χ0v) is 51.3. The van der Waals surface area contributed by atoms with Gasteiger partial charge >= 0.3 is 0 Å². The summed E-state index contributed by atoms with van der Waals surface area (Å²) in [4.78, 5) is 5.41. The van der Waals surface area contributed by atoms with Gasteiger partial charge in [-0.2, -0.15) is 0 Å². The molecule has 0 unspecified atom stereocenters. The first-order valence-electron chi connectivity index (χ1n) is 30.2. The van der Waals surface area contributed by atoms with Crippen molar-refractivity contribution >= 4 is 68.4 Å². The summed E-state index contributed by atoms with van der Waals surface area (Å²) in [5, 5.41) is 1.26. The van der Waals surface area contributed by atoms with Crippen molar-refractivity contribution in [2.24, 2.45) is 0 Å². The maximum atomic E-state index is 7.81. The average molecular weight is 1030 g/mol. The van der Waals surface area contributed by atoms with Gasteiger partial charge in [-0.05, 0) is 221 Å². The summed E-state index contributed by atoms with van der Waals surface area (Å²) < 4.78 is 7.81. The Balaban J connectivity index is 1.22. The van der Waals surface area contributed by atoms with Gasteiger partial charge in [-0.25, -0.2) is 0 Å². The Kier molecular flexibility index (Phi) is 10.7. The zero-order valence-electron chi connectivity index (χ0n) is 51.3. The number of nitrogens with zero attached hydrogens (tertiary/aromatic N) is 2. The lowest BCUT2D eigenvalue weighted by atomic mass is 9.33. The first-order chi connectivity index (χ1) is 36.2. The first-order valence-corrected chi connectivity index (χ1v) is 30.2. The molecule has 0 atom stereocenters. The Labute approximate surface area is 470 Å². The fourth-order valence-corrected chi connectivity index (χ4v) is 15.9. The van der Waals surface area contributed by atoms with E-state index in [1.807, 2.05) is 0 Å². The van der Waals surface area contributed by atoms with E-state index in [9.17, 15) is 0 Å². The van der Waals surface area contributed by atoms with Gasteiger partial charge in [0.2, 0.25) is 5.88 Å². The van der Waals surface area contributed by atoms with Crippen molar-refractivity contribution in [2.45, 2.75) is 232 Å². The molecule has 0 amide bonds. The lowest BCUT2D eigenvalue weighted by Gasteiger charge is -2.48. The third kappa shape index (κ3) is 7.48. The number of hydrogen-bond acceptors (Lipinski definition) is 3. The fourth-order valence-electron chi connectivity index (χ4n) is 15.9. The van der Waals surface area contributed by atoms with Gasteiger partial charge in [-0.1, -0.05) is 174 Å². The molecule has 78 heavy (non-hydrogen) atoms. The summed E-state index contributed by atoms with van der Waals surface area (Å²) >= 11 is 0. The minimum atomic E-state index is -0.170. The van der Waals surface area contributed by atoms with Crippen LogP contribution in [-0.2, 0) is 48.7 Å². The van der Waals surface area contributed by atoms with Crippen LogP contribution in [0.25, 0.3) is 22.1 Å². The van der Waals surface area contributed by atoms with Crippen LogP contribution in [0.3, 0.4) is 0 Å². The number of furan rings is 1. The molecule has 0 saturated carbocycles. The lowest BCUT2D eigenvalue weighted by Crippen LogP contribution is -2.61. The van der Waals surface area contributed by atoms with Crippen molar-refractivity contribution in [1.29, 1.82) is 0 Å². The van der Waals surface area contributed by atoms with Crippen molar-refractivity contribution in [3.63, 3.8) is 0 Å². The van der Waals surface area contributed by atoms with Gasteiger partial charge in [0.15, 0.2) is 0 Å². The third-order valence-corrected chi connectivity index (χ3v) is 21.9. The molecule has 6 aliphatic rings. The van der Waals surface area contributed by atoms with Gasteiger partial charge in [0.1, 0.15) is 5.58 Å². The highest BCUT2D eigenvalue weighted by molar-refractivity contribution is 7.01. The van der Waals surface area contributed by atoms with Crippen LogP contribution in [-0.4, -0.2) is 6.71 Å². The molecule has 404 valence electrons. The normalized spacial score (nSPS) is 21.9. The summed E-state index contributed by atoms with van der Waals surface area (Å²) in [6.07, 6.45) is 9.27. The minimum Gasteiger partial charge on any atom is -0.440 e. The largest absolute Gasteiger partial charge is 0.440 e. The Morgan fingerprint density at radius 3 is 1.36 bits per heavy atom. The van der Waals surface area contributed by atoms with Crippen molar-refractivity contribution in [3.05, 3.63) is 147 Å². The van der Waals surface area contributed by atoms with Crippen LogP contribution in [0.5, 0.6) is 0 Å². The average Bonchev–Trinajstić information content (AvgIpc) is 3.83. The molecular weight excluding hydrogens is 944 g/mol. The monoisotopic (exact) mass is 1030 g/mol. The number of hydrogen-bond donors (Lipinski definition) is 0. The summed E-state index contributed by atoms with van der Waals surface area (Å²) in [6, 6.07) is 40.0. The highest BCUT2D eigenvalue weighted by atomic mass is 16.4. The highest BCUT2D eigenvalue weighted by Gasteiger charge is 2.51. The predicted octanol–water partition coefficient (Wildman–Crippen LogP) is 18.9. The lowest BCUT2D eigenvalue weighted by molar-refractivity contribution is 0.332. The molecule has 1 aromatic heterocycles. The third-order valence-electron chi connectivity index (χ3n) is 21.9. The Hall–Kier alpha value is -5.48. The highest BCUT2D eigenvalue weighted by Crippen LogP contribution is 2.57. The quantitative estimate of drug-likeness (QED) is 0.164. The molecule has 3 nitrogen and oxygen atoms in total. The van der Waals surface area contributed by atoms with Crippen molar-refractivity contribution in [1.82, 2.24) is 0 Å². The van der Waals surface area contributed by atoms with Gasteiger partial charge in [0, 0.05) is 39.2 Å². The van der Waals surface area contributed by atoms with E-state index in [0.717, 1.165) is 50.0 Å². The van der Waals surface area contributed by atoms with Crippen LogP contribution in [0.2, 0.25) is 0 Å². The Morgan fingerprint density at radius 1 is 0.397 bits per heavy atom. The molecular formula is C74H89BN2O. The molecule has 13 rings (SSSR count). The number of rotatable bonds is 3. The first kappa shape index (κ1) is 51.9. The van der Waals surface area contributed by atoms with Gasteiger partial charge < -0.3 is 9.32 Å². The van der Waals surface area contributed by atoms with Crippen LogP contribution in [0.1, 0.15) is 233 Å². The van der Waals surface area contributed by atoms with E-state index < -0.39 is 0 Å². The van der Waals surface area contributed by atoms with Crippen molar-refractivity contribution in [3.8, 4) is 11.1 Å². The van der Waals surface area contributed by atoms with E-state index >= 15 is 0 Å². The topological polar surface area (TPSA) is 19.6 Å². The van der Waals surface area contributed by atoms with E-state index in [1.165, 1.54) is 124 Å². The minimum absolute atomic E-state index is 0.000918. The van der Waals surface area contributed by atoms with E-state index in [1.54, 1.807) is 0 Å². The van der Waals surface area contributed by atoms with E-state index in [4.69, 9.17) is 4.42 Å². The molecule has 7 aromatic rings. The van der Waals surface area contributed by atoms with Crippen LogP contribution >= 0.6 is 0 Å². The molecule has 3 heterocycles. The molecule has 0 spiro atoms. The van der Waals surface area contributed by atoms with Crippen LogP contribution in [0, 0.1) is 0 Å². The van der Waals surface area contributed by atoms with Crippen LogP contribution in [0.4, 0.5) is 34.3 Å². The van der Waals surface area contributed by atoms with Crippen LogP contribution in [0.15, 0.2) is 101 Å². The summed E-state index contributed by atoms with van der Waals surface area (Å²) in [5.74, 6) is 0.977. The van der Waals surface area contributed by atoms with Gasteiger partial charge in [-0.3, -0.25) is 4.90 Å². The second kappa shape index (κ2) is 16.1. The number of anilines is 6. The standard InChI is InChI=1S/C74H89BN2O/c1-66(2,3)45-35-60-64-61(36-45)77(58-41-54-51(69(8,9)29-32-72(54,14)15)38-47(58)44-23-21-20-22-24-44)59-42-55-53(71(12,13)31-33-73(55,16)17)40-57(59)75(64)63-48-39-52-56(74(18,19)34-30-70(52,10)11)43-62(48)78-65(63)76(60)46-25-26-49-50(37-46)68(6,7)28-27-67(49,4)5/h20-26,35-43H,27-34H2,1-19H3. The van der Waals surface area contributed by atoms with Crippen molar-refractivity contribution < 1.29 is 4.42 Å². The van der Waals surface area contributed by atoms with Crippen molar-refractivity contribution in [2.75, 3.05) is 9.80 Å². The van der Waals surface area contributed by atoms with Crippen LogP contribution < -0.4 is 26.2 Å². The van der Waals surface area contributed by atoms with E-state index in [-0.39, 0.29) is 55.4 Å². The maximum absolute atomic E-state index is 7.81. The molecule has 0 N–H and O–H groups in total. The SMILES string of the molecule is CC(C)(C)c1cc2c3c(c1)N(c1ccc4c(c1)C(C)(C)CCC4(C)C)c1oc4cc5c(cc4c1B3c1cc3c(cc1N2c1cc2c(cc1-c1ccccc1)C(C)(C)CCC2(C)C)C(C)(C)CCC3(C)C)C(C)(C)CCC5(C)C. The molecule has 4 aliphatic carbocycles. The van der Waals surface area contributed by atoms with Gasteiger partial charge in [0.25, 0.3) is 6.71 Å².